The van der Waals surface area contributed by atoms with Gasteiger partial charge in [-0.2, -0.15) is 0 Å². The van der Waals surface area contributed by atoms with Crippen molar-refractivity contribution < 1.29 is 29.7 Å². The van der Waals surface area contributed by atoms with E-state index in [-0.39, 0.29) is 16.7 Å². The molecule has 0 spiro atoms. The molecule has 176 valence electrons. The van der Waals surface area contributed by atoms with Crippen LogP contribution in [0.4, 0.5) is 0 Å². The van der Waals surface area contributed by atoms with E-state index in [1.165, 1.54) is 6.07 Å². The van der Waals surface area contributed by atoms with E-state index in [1.807, 2.05) is 22.9 Å². The first-order chi connectivity index (χ1) is 17.3. The predicted molar refractivity (Wildman–Crippen MR) is 134 cm³/mol. The molecule has 36 heavy (non-hydrogen) atoms. The Kier molecular flexibility index (Phi) is 4.59. The molecule has 1 aliphatic rings. The molecule has 0 bridgehead atoms. The molecule has 1 aliphatic carbocycles. The van der Waals surface area contributed by atoms with Crippen LogP contribution < -0.4 is 0 Å². The summed E-state index contributed by atoms with van der Waals surface area (Å²) >= 11 is 0. The lowest BCUT2D eigenvalue weighted by molar-refractivity contribution is 0.0686. The highest BCUT2D eigenvalue weighted by Gasteiger charge is 2.25. The molecule has 5 aromatic rings. The fraction of sp³-hybridized carbons (Fsp3) is 0.0357. The number of aromatic nitrogens is 2. The highest BCUT2D eigenvalue weighted by Crippen LogP contribution is 2.39. The number of carboxylic acids is 3. The number of rotatable bonds is 5. The van der Waals surface area contributed by atoms with Crippen LogP contribution in [-0.4, -0.2) is 42.8 Å². The van der Waals surface area contributed by atoms with E-state index in [1.54, 1.807) is 48.5 Å². The van der Waals surface area contributed by atoms with Crippen LogP contribution >= 0.6 is 0 Å². The number of nitrogens with one attached hydrogen (secondary N) is 1. The molecule has 4 N–H and O–H groups in total. The van der Waals surface area contributed by atoms with Crippen molar-refractivity contribution in [3.05, 3.63) is 101 Å². The number of hydrogen-bond acceptors (Lipinski definition) is 3. The van der Waals surface area contributed by atoms with Gasteiger partial charge in [0.1, 0.15) is 0 Å². The Bertz CT molecular complexity index is 1800. The first-order valence-corrected chi connectivity index (χ1v) is 11.1. The van der Waals surface area contributed by atoms with Gasteiger partial charge in [-0.15, -0.1) is 0 Å². The summed E-state index contributed by atoms with van der Waals surface area (Å²) in [7, 11) is 0. The molecule has 3 aromatic carbocycles. The standard InChI is InChI=1S/C28H18N2O6/c31-26(32)15-5-4-14-8-9-30(25(14)12-15)24-7-6-17-19(10-16(27(33)34)11-21(17)24)23-13-20-18(28(35)36)2-1-3-22(20)29-23/h1-5,7-13,29H,6H2,(H,31,32)(H,33,34)(H,35,36). The third-order valence-corrected chi connectivity index (χ3v) is 6.66. The zero-order valence-electron chi connectivity index (χ0n) is 18.6. The second-order valence-electron chi connectivity index (χ2n) is 8.67. The normalized spacial score (nSPS) is 12.6. The SMILES string of the molecule is O=C(O)c1cc2c(c(-c3cc4c(C(=O)O)cccc4[nH]3)c1)CC=C2n1ccc2ccc(C(=O)O)cc21. The molecule has 2 heterocycles. The Labute approximate surface area is 203 Å². The van der Waals surface area contributed by atoms with Crippen molar-refractivity contribution in [1.82, 2.24) is 9.55 Å². The monoisotopic (exact) mass is 478 g/mol. The molecule has 8 nitrogen and oxygen atoms in total. The van der Waals surface area contributed by atoms with Gasteiger partial charge in [0.15, 0.2) is 0 Å². The number of carboxylic acid groups (broad SMARTS) is 3. The Morgan fingerprint density at radius 3 is 2.33 bits per heavy atom. The van der Waals surface area contributed by atoms with Gasteiger partial charge in [0.2, 0.25) is 0 Å². The molecule has 2 aromatic heterocycles. The number of nitrogens with zero attached hydrogens (tertiary/aromatic N) is 1. The Balaban J connectivity index is 1.55. The summed E-state index contributed by atoms with van der Waals surface area (Å²) in [6, 6.07) is 16.7. The van der Waals surface area contributed by atoms with Crippen LogP contribution in [0.2, 0.25) is 0 Å². The molecular weight excluding hydrogens is 460 g/mol. The van der Waals surface area contributed by atoms with Crippen LogP contribution in [0.15, 0.2) is 72.9 Å². The summed E-state index contributed by atoms with van der Waals surface area (Å²) in [6.07, 6.45) is 4.35. The van der Waals surface area contributed by atoms with Crippen molar-refractivity contribution in [3.63, 3.8) is 0 Å². The molecule has 0 amide bonds. The van der Waals surface area contributed by atoms with Gasteiger partial charge in [0.25, 0.3) is 0 Å². The van der Waals surface area contributed by atoms with Crippen molar-refractivity contribution in [2.75, 3.05) is 0 Å². The highest BCUT2D eigenvalue weighted by molar-refractivity contribution is 6.05. The minimum atomic E-state index is -1.09. The summed E-state index contributed by atoms with van der Waals surface area (Å²) in [5.74, 6) is -3.15. The Morgan fingerprint density at radius 2 is 1.58 bits per heavy atom. The smallest absolute Gasteiger partial charge is 0.336 e. The first kappa shape index (κ1) is 21.4. The molecule has 0 saturated carbocycles. The number of fused-ring (bicyclic) bond motifs is 3. The predicted octanol–water partition coefficient (Wildman–Crippen LogP) is 5.33. The van der Waals surface area contributed by atoms with Crippen LogP contribution in [0.5, 0.6) is 0 Å². The number of allylic oxidation sites excluding steroid dienone is 1. The van der Waals surface area contributed by atoms with Crippen molar-refractivity contribution in [3.8, 4) is 11.3 Å². The topological polar surface area (TPSA) is 133 Å². The maximum Gasteiger partial charge on any atom is 0.336 e. The van der Waals surface area contributed by atoms with Crippen molar-refractivity contribution >= 4 is 45.4 Å². The van der Waals surface area contributed by atoms with Gasteiger partial charge in [-0.1, -0.05) is 18.2 Å². The molecule has 0 fully saturated rings. The molecular formula is C28H18N2O6. The van der Waals surface area contributed by atoms with E-state index in [2.05, 4.69) is 4.98 Å². The van der Waals surface area contributed by atoms with Crippen LogP contribution in [0.3, 0.4) is 0 Å². The fourth-order valence-electron chi connectivity index (χ4n) is 4.98. The summed E-state index contributed by atoms with van der Waals surface area (Å²) in [5.41, 5.74) is 5.43. The van der Waals surface area contributed by atoms with Crippen LogP contribution in [0, 0.1) is 0 Å². The minimum Gasteiger partial charge on any atom is -0.478 e. The van der Waals surface area contributed by atoms with Crippen LogP contribution in [-0.2, 0) is 6.42 Å². The molecule has 0 atom stereocenters. The molecule has 8 heteroatoms. The van der Waals surface area contributed by atoms with Crippen molar-refractivity contribution in [1.29, 1.82) is 0 Å². The average molecular weight is 478 g/mol. The Morgan fingerprint density at radius 1 is 0.806 bits per heavy atom. The Hall–Kier alpha value is -5.11. The largest absolute Gasteiger partial charge is 0.478 e. The number of aromatic amines is 1. The zero-order valence-corrected chi connectivity index (χ0v) is 18.6. The van der Waals surface area contributed by atoms with E-state index in [9.17, 15) is 29.7 Å². The number of benzene rings is 3. The molecule has 0 unspecified atom stereocenters. The van der Waals surface area contributed by atoms with Gasteiger partial charge in [-0.3, -0.25) is 0 Å². The van der Waals surface area contributed by atoms with Crippen molar-refractivity contribution in [2.45, 2.75) is 6.42 Å². The van der Waals surface area contributed by atoms with E-state index in [0.717, 1.165) is 22.2 Å². The quantitative estimate of drug-likeness (QED) is 0.270. The molecule has 0 aliphatic heterocycles. The van der Waals surface area contributed by atoms with Gasteiger partial charge in [0.05, 0.1) is 22.2 Å². The zero-order chi connectivity index (χ0) is 25.1. The number of hydrogen-bond donors (Lipinski definition) is 4. The lowest BCUT2D eigenvalue weighted by Gasteiger charge is -2.14. The molecule has 6 rings (SSSR count). The second kappa shape index (κ2) is 7.71. The summed E-state index contributed by atoms with van der Waals surface area (Å²) in [5, 5.41) is 30.3. The lowest BCUT2D eigenvalue weighted by Crippen LogP contribution is -2.03. The van der Waals surface area contributed by atoms with E-state index in [0.29, 0.717) is 34.1 Å². The average Bonchev–Trinajstić information content (AvgIpc) is 3.58. The third-order valence-electron chi connectivity index (χ3n) is 6.66. The molecule has 0 radical (unpaired) electrons. The summed E-state index contributed by atoms with van der Waals surface area (Å²) in [4.78, 5) is 38.5. The van der Waals surface area contributed by atoms with E-state index >= 15 is 0 Å². The maximum atomic E-state index is 12.0. The van der Waals surface area contributed by atoms with Gasteiger partial charge in [0, 0.05) is 39.6 Å². The summed E-state index contributed by atoms with van der Waals surface area (Å²) in [6.45, 7) is 0. The van der Waals surface area contributed by atoms with Crippen molar-refractivity contribution in [2.24, 2.45) is 0 Å². The van der Waals surface area contributed by atoms with Gasteiger partial charge in [-0.25, -0.2) is 14.4 Å². The van der Waals surface area contributed by atoms with E-state index < -0.39 is 17.9 Å². The van der Waals surface area contributed by atoms with Gasteiger partial charge >= 0.3 is 17.9 Å². The number of carbonyl (C=O) groups is 3. The first-order valence-electron chi connectivity index (χ1n) is 11.1. The number of aromatic carboxylic acids is 3. The van der Waals surface area contributed by atoms with Crippen LogP contribution in [0.25, 0.3) is 38.8 Å². The van der Waals surface area contributed by atoms with Crippen LogP contribution in [0.1, 0.15) is 42.2 Å². The third kappa shape index (κ3) is 3.19. The highest BCUT2D eigenvalue weighted by atomic mass is 16.4. The summed E-state index contributed by atoms with van der Waals surface area (Å²) < 4.78 is 1.87. The lowest BCUT2D eigenvalue weighted by atomic mass is 9.96. The minimum absolute atomic E-state index is 0.0938. The second-order valence-corrected chi connectivity index (χ2v) is 8.67. The van der Waals surface area contributed by atoms with Gasteiger partial charge < -0.3 is 24.9 Å². The van der Waals surface area contributed by atoms with E-state index in [4.69, 9.17) is 0 Å². The fourth-order valence-corrected chi connectivity index (χ4v) is 4.98. The van der Waals surface area contributed by atoms with Gasteiger partial charge in [-0.05, 0) is 65.9 Å². The maximum absolute atomic E-state index is 12.0. The number of H-pyrrole nitrogens is 1. The molecule has 0 saturated heterocycles.